The van der Waals surface area contributed by atoms with Crippen LogP contribution in [-0.2, 0) is 0 Å². The van der Waals surface area contributed by atoms with Crippen molar-refractivity contribution >= 4 is 5.95 Å². The van der Waals surface area contributed by atoms with Crippen molar-refractivity contribution in [3.05, 3.63) is 6.20 Å². The van der Waals surface area contributed by atoms with Crippen molar-refractivity contribution in [1.82, 2.24) is 15.2 Å². The summed E-state index contributed by atoms with van der Waals surface area (Å²) in [6, 6.07) is 0. The van der Waals surface area contributed by atoms with Gasteiger partial charge in [0.25, 0.3) is 0 Å². The van der Waals surface area contributed by atoms with Crippen molar-refractivity contribution in [1.29, 1.82) is 0 Å². The molecule has 0 fully saturated rings. The summed E-state index contributed by atoms with van der Waals surface area (Å²) < 4.78 is 4.99. The second-order valence-electron chi connectivity index (χ2n) is 1.59. The van der Waals surface area contributed by atoms with Crippen LogP contribution in [0.3, 0.4) is 0 Å². The zero-order chi connectivity index (χ0) is 7.40. The highest BCUT2D eigenvalue weighted by atomic mass is 16.5. The van der Waals surface area contributed by atoms with Crippen molar-refractivity contribution in [3.8, 4) is 5.88 Å². The van der Waals surface area contributed by atoms with Gasteiger partial charge in [0, 0.05) is 0 Å². The average Bonchev–Trinajstić information content (AvgIpc) is 1.88. The van der Waals surface area contributed by atoms with E-state index in [1.165, 1.54) is 6.20 Å². The predicted molar refractivity (Wildman–Crippen MR) is 35.4 cm³/mol. The number of nitrogen functional groups attached to an aromatic ring is 1. The van der Waals surface area contributed by atoms with E-state index in [9.17, 15) is 0 Å². The van der Waals surface area contributed by atoms with Gasteiger partial charge in [-0.2, -0.15) is 4.98 Å². The second-order valence-corrected chi connectivity index (χ2v) is 1.59. The Balaban J connectivity index is 2.75. The molecule has 0 bridgehead atoms. The van der Waals surface area contributed by atoms with Crippen molar-refractivity contribution in [3.63, 3.8) is 0 Å². The number of nitrogens with zero attached hydrogens (tertiary/aromatic N) is 3. The Bertz CT molecular complexity index is 215. The average molecular weight is 140 g/mol. The summed E-state index contributed by atoms with van der Waals surface area (Å²) in [6.45, 7) is 2.41. The van der Waals surface area contributed by atoms with Gasteiger partial charge in [-0.15, -0.1) is 10.2 Å². The SMILES string of the molecule is CCOc1cnnc(N)n1. The summed E-state index contributed by atoms with van der Waals surface area (Å²) >= 11 is 0. The lowest BCUT2D eigenvalue weighted by atomic mass is 10.7. The molecule has 0 saturated heterocycles. The van der Waals surface area contributed by atoms with Crippen molar-refractivity contribution in [2.45, 2.75) is 6.92 Å². The molecular weight excluding hydrogens is 132 g/mol. The van der Waals surface area contributed by atoms with Gasteiger partial charge in [0.1, 0.15) is 6.20 Å². The van der Waals surface area contributed by atoms with Gasteiger partial charge < -0.3 is 10.5 Å². The molecule has 0 unspecified atom stereocenters. The minimum Gasteiger partial charge on any atom is -0.477 e. The summed E-state index contributed by atoms with van der Waals surface area (Å²) in [5.74, 6) is 0.543. The zero-order valence-corrected chi connectivity index (χ0v) is 5.61. The van der Waals surface area contributed by atoms with E-state index >= 15 is 0 Å². The van der Waals surface area contributed by atoms with Gasteiger partial charge in [-0.1, -0.05) is 0 Å². The molecule has 0 spiro atoms. The quantitative estimate of drug-likeness (QED) is 0.618. The van der Waals surface area contributed by atoms with Crippen LogP contribution in [0.1, 0.15) is 6.92 Å². The topological polar surface area (TPSA) is 73.9 Å². The maximum atomic E-state index is 5.22. The maximum absolute atomic E-state index is 5.22. The Hall–Kier alpha value is -1.39. The van der Waals surface area contributed by atoms with Crippen LogP contribution in [0.25, 0.3) is 0 Å². The highest BCUT2D eigenvalue weighted by molar-refractivity contribution is 5.16. The molecule has 0 saturated carbocycles. The number of ether oxygens (including phenoxy) is 1. The second kappa shape index (κ2) is 2.95. The normalized spacial score (nSPS) is 9.30. The van der Waals surface area contributed by atoms with Crippen molar-refractivity contribution in [2.24, 2.45) is 0 Å². The molecule has 1 heterocycles. The van der Waals surface area contributed by atoms with E-state index < -0.39 is 0 Å². The van der Waals surface area contributed by atoms with Crippen LogP contribution < -0.4 is 10.5 Å². The summed E-state index contributed by atoms with van der Waals surface area (Å²) in [5, 5.41) is 7.00. The maximum Gasteiger partial charge on any atom is 0.243 e. The molecule has 0 aromatic carbocycles. The third-order valence-corrected chi connectivity index (χ3v) is 0.845. The van der Waals surface area contributed by atoms with E-state index in [1.54, 1.807) is 0 Å². The number of nitrogens with two attached hydrogens (primary N) is 1. The van der Waals surface area contributed by atoms with Gasteiger partial charge in [0.2, 0.25) is 11.8 Å². The van der Waals surface area contributed by atoms with Gasteiger partial charge >= 0.3 is 0 Å². The molecule has 5 heteroatoms. The summed E-state index contributed by atoms with van der Waals surface area (Å²) in [5.41, 5.74) is 5.22. The number of hydrogen-bond donors (Lipinski definition) is 1. The zero-order valence-electron chi connectivity index (χ0n) is 5.61. The molecule has 0 atom stereocenters. The highest BCUT2D eigenvalue weighted by Crippen LogP contribution is 2.02. The lowest BCUT2D eigenvalue weighted by Crippen LogP contribution is -2.00. The first kappa shape index (κ1) is 6.73. The van der Waals surface area contributed by atoms with Crippen LogP contribution in [0, 0.1) is 0 Å². The molecular formula is C5H8N4O. The van der Waals surface area contributed by atoms with Gasteiger partial charge in [0.15, 0.2) is 0 Å². The Morgan fingerprint density at radius 2 is 2.50 bits per heavy atom. The van der Waals surface area contributed by atoms with Crippen LogP contribution in [0.5, 0.6) is 5.88 Å². The van der Waals surface area contributed by atoms with E-state index in [0.717, 1.165) is 0 Å². The Morgan fingerprint density at radius 1 is 1.70 bits per heavy atom. The fourth-order valence-corrected chi connectivity index (χ4v) is 0.519. The Morgan fingerprint density at radius 3 is 3.10 bits per heavy atom. The molecule has 0 aliphatic heterocycles. The molecule has 1 rings (SSSR count). The first-order valence-electron chi connectivity index (χ1n) is 2.91. The van der Waals surface area contributed by atoms with Crippen molar-refractivity contribution < 1.29 is 4.74 Å². The molecule has 54 valence electrons. The molecule has 0 aliphatic rings. The minimum atomic E-state index is 0.131. The van der Waals surface area contributed by atoms with E-state index in [-0.39, 0.29) is 5.95 Å². The smallest absolute Gasteiger partial charge is 0.243 e. The van der Waals surface area contributed by atoms with Crippen LogP contribution in [0.2, 0.25) is 0 Å². The molecule has 1 aromatic rings. The summed E-state index contributed by atoms with van der Waals surface area (Å²) in [6.07, 6.45) is 1.42. The number of rotatable bonds is 2. The van der Waals surface area contributed by atoms with Gasteiger partial charge in [0.05, 0.1) is 6.61 Å². The predicted octanol–water partition coefficient (Wildman–Crippen LogP) is -0.148. The van der Waals surface area contributed by atoms with Gasteiger partial charge in [-0.3, -0.25) is 0 Å². The molecule has 10 heavy (non-hydrogen) atoms. The first-order chi connectivity index (χ1) is 4.83. The fraction of sp³-hybridized carbons (Fsp3) is 0.400. The number of hydrogen-bond acceptors (Lipinski definition) is 5. The third kappa shape index (κ3) is 1.54. The van der Waals surface area contributed by atoms with Crippen LogP contribution in [0.4, 0.5) is 5.95 Å². The van der Waals surface area contributed by atoms with Crippen LogP contribution in [0.15, 0.2) is 6.20 Å². The molecule has 1 aromatic heterocycles. The highest BCUT2D eigenvalue weighted by Gasteiger charge is 1.93. The minimum absolute atomic E-state index is 0.131. The van der Waals surface area contributed by atoms with E-state index in [2.05, 4.69) is 15.2 Å². The molecule has 0 aliphatic carbocycles. The van der Waals surface area contributed by atoms with E-state index in [4.69, 9.17) is 10.5 Å². The van der Waals surface area contributed by atoms with Gasteiger partial charge in [-0.25, -0.2) is 0 Å². The fourth-order valence-electron chi connectivity index (χ4n) is 0.519. The monoisotopic (exact) mass is 140 g/mol. The lowest BCUT2D eigenvalue weighted by molar-refractivity contribution is 0.324. The molecule has 0 amide bonds. The van der Waals surface area contributed by atoms with E-state index in [0.29, 0.717) is 12.5 Å². The number of anilines is 1. The molecule has 0 radical (unpaired) electrons. The first-order valence-corrected chi connectivity index (χ1v) is 2.91. The standard InChI is InChI=1S/C5H8N4O/c1-2-10-4-3-7-9-5(6)8-4/h3H,2H2,1H3,(H2,6,8,9). The third-order valence-electron chi connectivity index (χ3n) is 0.845. The van der Waals surface area contributed by atoms with Crippen LogP contribution >= 0.6 is 0 Å². The summed E-state index contributed by atoms with van der Waals surface area (Å²) in [4.78, 5) is 3.74. The van der Waals surface area contributed by atoms with Crippen molar-refractivity contribution in [2.75, 3.05) is 12.3 Å². The van der Waals surface area contributed by atoms with E-state index in [1.807, 2.05) is 6.92 Å². The Labute approximate surface area is 58.2 Å². The molecule has 5 nitrogen and oxygen atoms in total. The lowest BCUT2D eigenvalue weighted by Gasteiger charge is -1.98. The van der Waals surface area contributed by atoms with Gasteiger partial charge in [-0.05, 0) is 6.92 Å². The van der Waals surface area contributed by atoms with Crippen LogP contribution in [-0.4, -0.2) is 21.8 Å². The largest absolute Gasteiger partial charge is 0.477 e. The Kier molecular flexibility index (Phi) is 1.99. The molecule has 2 N–H and O–H groups in total. The summed E-state index contributed by atoms with van der Waals surface area (Å²) in [7, 11) is 0. The number of aromatic nitrogens is 3.